The molecule has 0 unspecified atom stereocenters. The summed E-state index contributed by atoms with van der Waals surface area (Å²) in [5.41, 5.74) is 1.16. The lowest BCUT2D eigenvalue weighted by Crippen LogP contribution is -2.47. The number of carbonyl (C=O) groups is 1. The lowest BCUT2D eigenvalue weighted by atomic mass is 10.00. The average molecular weight is 463 g/mol. The first-order valence-corrected chi connectivity index (χ1v) is 11.3. The van der Waals surface area contributed by atoms with Crippen LogP contribution in [-0.2, 0) is 10.9 Å². The molecule has 0 aromatic carbocycles. The van der Waals surface area contributed by atoms with Crippen LogP contribution in [0, 0.1) is 0 Å². The first-order chi connectivity index (χ1) is 15.5. The van der Waals surface area contributed by atoms with Gasteiger partial charge in [0.2, 0.25) is 0 Å². The summed E-state index contributed by atoms with van der Waals surface area (Å²) in [6.07, 6.45) is 3.47. The molecule has 2 aromatic rings. The quantitative estimate of drug-likeness (QED) is 0.565. The van der Waals surface area contributed by atoms with Crippen molar-refractivity contribution in [3.63, 3.8) is 0 Å². The second-order valence-electron chi connectivity index (χ2n) is 9.68. The Kier molecular flexibility index (Phi) is 6.24. The number of nitrogens with zero attached hydrogens (tertiary/aromatic N) is 4. The Labute approximate surface area is 191 Å². The number of hydrogen-bond donors (Lipinski definition) is 0. The Morgan fingerprint density at radius 1 is 1.06 bits per heavy atom. The third kappa shape index (κ3) is 5.57. The Bertz CT molecular complexity index is 976. The van der Waals surface area contributed by atoms with Crippen molar-refractivity contribution in [1.29, 1.82) is 0 Å². The molecule has 2 fully saturated rings. The number of halogens is 3. The lowest BCUT2D eigenvalue weighted by Gasteiger charge is -2.40. The molecule has 0 radical (unpaired) electrons. The second kappa shape index (κ2) is 8.83. The number of carbonyl (C=O) groups excluding carboxylic acids is 1. The van der Waals surface area contributed by atoms with Gasteiger partial charge in [0, 0.05) is 25.3 Å². The number of hydrogen-bond acceptors (Lipinski definition) is 5. The number of amides is 1. The molecule has 0 N–H and O–H groups in total. The van der Waals surface area contributed by atoms with Gasteiger partial charge in [-0.05, 0) is 76.1 Å². The fourth-order valence-corrected chi connectivity index (χ4v) is 4.21. The largest absolute Gasteiger partial charge is 0.444 e. The highest BCUT2D eigenvalue weighted by molar-refractivity contribution is 5.69. The van der Waals surface area contributed by atoms with Gasteiger partial charge in [0.15, 0.2) is 0 Å². The second-order valence-corrected chi connectivity index (χ2v) is 9.68. The molecule has 1 aliphatic heterocycles. The average Bonchev–Trinajstić information content (AvgIpc) is 3.59. The van der Waals surface area contributed by atoms with Gasteiger partial charge < -0.3 is 14.5 Å². The van der Waals surface area contributed by atoms with Crippen LogP contribution in [0.2, 0.25) is 0 Å². The van der Waals surface area contributed by atoms with Crippen molar-refractivity contribution in [3.8, 4) is 0 Å². The minimum absolute atomic E-state index is 0.0103. The van der Waals surface area contributed by atoms with Crippen LogP contribution in [0.3, 0.4) is 0 Å². The van der Waals surface area contributed by atoms with Crippen LogP contribution in [-0.4, -0.2) is 45.7 Å². The molecule has 0 spiro atoms. The minimum Gasteiger partial charge on any atom is -0.444 e. The van der Waals surface area contributed by atoms with Gasteiger partial charge in [-0.2, -0.15) is 13.2 Å². The number of alkyl halides is 3. The maximum Gasteiger partial charge on any atom is 0.433 e. The van der Waals surface area contributed by atoms with E-state index in [0.717, 1.165) is 30.2 Å². The van der Waals surface area contributed by atoms with Crippen molar-refractivity contribution < 1.29 is 22.7 Å². The fourth-order valence-electron chi connectivity index (χ4n) is 4.21. The van der Waals surface area contributed by atoms with E-state index in [0.29, 0.717) is 37.5 Å². The Morgan fingerprint density at radius 3 is 2.30 bits per heavy atom. The van der Waals surface area contributed by atoms with Gasteiger partial charge >= 0.3 is 12.3 Å². The highest BCUT2D eigenvalue weighted by Crippen LogP contribution is 2.46. The standard InChI is InChI=1S/C24H29F3N4O2/c1-23(2,3)33-22(32)30-12-9-17(10-13-30)31(18-6-7-21(29-14-18)24(25,26)27)20-15-28-11-8-19(20)16-4-5-16/h6-8,11,14-17H,4-5,9-10,12-13H2,1-3H3. The molecule has 3 heterocycles. The zero-order chi connectivity index (χ0) is 23.8. The van der Waals surface area contributed by atoms with Gasteiger partial charge in [-0.3, -0.25) is 4.98 Å². The van der Waals surface area contributed by atoms with Gasteiger partial charge in [-0.1, -0.05) is 0 Å². The van der Waals surface area contributed by atoms with Crippen LogP contribution in [0.5, 0.6) is 0 Å². The van der Waals surface area contributed by atoms with Crippen molar-refractivity contribution in [2.75, 3.05) is 18.0 Å². The lowest BCUT2D eigenvalue weighted by molar-refractivity contribution is -0.141. The van der Waals surface area contributed by atoms with Gasteiger partial charge in [0.1, 0.15) is 11.3 Å². The van der Waals surface area contributed by atoms with E-state index >= 15 is 0 Å². The molecule has 6 nitrogen and oxygen atoms in total. The predicted molar refractivity (Wildman–Crippen MR) is 118 cm³/mol. The third-order valence-corrected chi connectivity index (χ3v) is 5.91. The summed E-state index contributed by atoms with van der Waals surface area (Å²) >= 11 is 0. The minimum atomic E-state index is -4.49. The number of piperidine rings is 1. The highest BCUT2D eigenvalue weighted by atomic mass is 19.4. The smallest absolute Gasteiger partial charge is 0.433 e. The van der Waals surface area contributed by atoms with Crippen LogP contribution >= 0.6 is 0 Å². The molecule has 1 saturated carbocycles. The van der Waals surface area contributed by atoms with E-state index in [1.54, 1.807) is 17.3 Å². The van der Waals surface area contributed by atoms with E-state index in [1.165, 1.54) is 12.3 Å². The van der Waals surface area contributed by atoms with E-state index in [2.05, 4.69) is 14.9 Å². The van der Waals surface area contributed by atoms with E-state index in [4.69, 9.17) is 4.74 Å². The Balaban J connectivity index is 1.60. The monoisotopic (exact) mass is 462 g/mol. The number of aromatic nitrogens is 2. The number of anilines is 2. The SMILES string of the molecule is CC(C)(C)OC(=O)N1CCC(N(c2ccc(C(F)(F)F)nc2)c2cnccc2C2CC2)CC1. The van der Waals surface area contributed by atoms with E-state index in [1.807, 2.05) is 26.8 Å². The summed E-state index contributed by atoms with van der Waals surface area (Å²) in [7, 11) is 0. The van der Waals surface area contributed by atoms with E-state index in [-0.39, 0.29) is 12.1 Å². The molecule has 0 atom stereocenters. The number of rotatable bonds is 4. The van der Waals surface area contributed by atoms with Gasteiger partial charge in [-0.25, -0.2) is 9.78 Å². The topological polar surface area (TPSA) is 58.6 Å². The normalized spacial score (nSPS) is 17.7. The Hall–Kier alpha value is -2.84. The third-order valence-electron chi connectivity index (χ3n) is 5.91. The van der Waals surface area contributed by atoms with E-state index < -0.39 is 17.5 Å². The molecule has 1 amide bonds. The predicted octanol–water partition coefficient (Wildman–Crippen LogP) is 5.91. The van der Waals surface area contributed by atoms with Crippen molar-refractivity contribution >= 4 is 17.5 Å². The summed E-state index contributed by atoms with van der Waals surface area (Å²) in [4.78, 5) is 24.2. The maximum absolute atomic E-state index is 13.1. The van der Waals surface area contributed by atoms with Crippen molar-refractivity contribution in [3.05, 3.63) is 48.0 Å². The Morgan fingerprint density at radius 2 is 1.76 bits per heavy atom. The van der Waals surface area contributed by atoms with Gasteiger partial charge in [0.05, 0.1) is 23.8 Å². The molecule has 178 valence electrons. The summed E-state index contributed by atoms with van der Waals surface area (Å²) in [6, 6.07) is 4.47. The summed E-state index contributed by atoms with van der Waals surface area (Å²) < 4.78 is 44.7. The molecular weight excluding hydrogens is 433 g/mol. The molecule has 9 heteroatoms. The summed E-state index contributed by atoms with van der Waals surface area (Å²) in [5.74, 6) is 0.440. The molecule has 4 rings (SSSR count). The van der Waals surface area contributed by atoms with Crippen molar-refractivity contribution in [2.45, 2.75) is 70.2 Å². The molecule has 33 heavy (non-hydrogen) atoms. The summed E-state index contributed by atoms with van der Waals surface area (Å²) in [5, 5.41) is 0. The zero-order valence-electron chi connectivity index (χ0n) is 19.1. The van der Waals surface area contributed by atoms with Gasteiger partial charge in [-0.15, -0.1) is 0 Å². The maximum atomic E-state index is 13.1. The van der Waals surface area contributed by atoms with Crippen LogP contribution < -0.4 is 4.90 Å². The first kappa shape index (κ1) is 23.3. The van der Waals surface area contributed by atoms with Gasteiger partial charge in [0.25, 0.3) is 0 Å². The first-order valence-electron chi connectivity index (χ1n) is 11.3. The number of ether oxygens (including phenoxy) is 1. The van der Waals surface area contributed by atoms with Crippen LogP contribution in [0.4, 0.5) is 29.3 Å². The van der Waals surface area contributed by atoms with E-state index in [9.17, 15) is 18.0 Å². The molecule has 1 saturated heterocycles. The van der Waals surface area contributed by atoms with Crippen LogP contribution in [0.15, 0.2) is 36.8 Å². The fraction of sp³-hybridized carbons (Fsp3) is 0.542. The molecule has 0 bridgehead atoms. The molecule has 1 aliphatic carbocycles. The molecular formula is C24H29F3N4O2. The molecule has 2 aromatic heterocycles. The summed E-state index contributed by atoms with van der Waals surface area (Å²) in [6.45, 7) is 6.50. The number of pyridine rings is 2. The number of likely N-dealkylation sites (tertiary alicyclic amines) is 1. The van der Waals surface area contributed by atoms with Crippen LogP contribution in [0.1, 0.15) is 63.6 Å². The van der Waals surface area contributed by atoms with Crippen molar-refractivity contribution in [2.24, 2.45) is 0 Å². The highest BCUT2D eigenvalue weighted by Gasteiger charge is 2.36. The van der Waals surface area contributed by atoms with Crippen molar-refractivity contribution in [1.82, 2.24) is 14.9 Å². The molecule has 2 aliphatic rings. The zero-order valence-corrected chi connectivity index (χ0v) is 19.1. The van der Waals surface area contributed by atoms with Crippen LogP contribution in [0.25, 0.3) is 0 Å².